The van der Waals surface area contributed by atoms with Crippen LogP contribution < -0.4 is 10.1 Å². The zero-order valence-corrected chi connectivity index (χ0v) is 15.4. The minimum absolute atomic E-state index is 0.590. The van der Waals surface area contributed by atoms with Crippen molar-refractivity contribution >= 4 is 35.0 Å². The Labute approximate surface area is 142 Å². The first kappa shape index (κ1) is 19.0. The fourth-order valence-electron chi connectivity index (χ4n) is 1.88. The molecular weight excluding hydrogens is 325 g/mol. The summed E-state index contributed by atoms with van der Waals surface area (Å²) in [5, 5.41) is 4.64. The van der Waals surface area contributed by atoms with E-state index in [-0.39, 0.29) is 0 Å². The average Bonchev–Trinajstić information content (AvgIpc) is 2.40. The molecule has 0 aliphatic heterocycles. The van der Waals surface area contributed by atoms with E-state index in [1.807, 2.05) is 17.8 Å². The van der Waals surface area contributed by atoms with E-state index in [2.05, 4.69) is 26.1 Å². The van der Waals surface area contributed by atoms with Gasteiger partial charge in [-0.1, -0.05) is 44.0 Å². The predicted octanol–water partition coefficient (Wildman–Crippen LogP) is 5.26. The van der Waals surface area contributed by atoms with Gasteiger partial charge in [0.25, 0.3) is 0 Å². The van der Waals surface area contributed by atoms with Gasteiger partial charge in [-0.3, -0.25) is 0 Å². The molecule has 0 unspecified atom stereocenters. The molecule has 1 aromatic rings. The van der Waals surface area contributed by atoms with Crippen molar-refractivity contribution < 1.29 is 4.74 Å². The second-order valence-electron chi connectivity index (χ2n) is 5.30. The van der Waals surface area contributed by atoms with Crippen molar-refractivity contribution in [2.45, 2.75) is 33.7 Å². The molecule has 0 atom stereocenters. The Morgan fingerprint density at radius 2 is 2.05 bits per heavy atom. The van der Waals surface area contributed by atoms with Gasteiger partial charge in [-0.25, -0.2) is 0 Å². The smallest absolute Gasteiger partial charge is 0.142 e. The summed E-state index contributed by atoms with van der Waals surface area (Å²) < 4.78 is 5.88. The fourth-order valence-corrected chi connectivity index (χ4v) is 3.08. The number of nitrogens with one attached hydrogen (secondary N) is 1. The van der Waals surface area contributed by atoms with Crippen LogP contribution in [-0.2, 0) is 6.54 Å². The van der Waals surface area contributed by atoms with Crippen molar-refractivity contribution in [3.63, 3.8) is 0 Å². The van der Waals surface area contributed by atoms with Crippen LogP contribution in [0.15, 0.2) is 12.1 Å². The SMILES string of the molecule is CCSCCCOc1c(Cl)cc(Cl)cc1CNCC(C)C. The first-order valence-electron chi connectivity index (χ1n) is 7.43. The van der Waals surface area contributed by atoms with Gasteiger partial charge in [0.2, 0.25) is 0 Å². The van der Waals surface area contributed by atoms with E-state index >= 15 is 0 Å². The maximum Gasteiger partial charge on any atom is 0.142 e. The van der Waals surface area contributed by atoms with Gasteiger partial charge in [-0.05, 0) is 42.5 Å². The molecule has 0 spiro atoms. The third kappa shape index (κ3) is 7.64. The molecule has 0 aliphatic rings. The minimum Gasteiger partial charge on any atom is -0.492 e. The number of hydrogen-bond acceptors (Lipinski definition) is 3. The topological polar surface area (TPSA) is 21.3 Å². The molecule has 21 heavy (non-hydrogen) atoms. The second kappa shape index (κ2) is 10.6. The summed E-state index contributed by atoms with van der Waals surface area (Å²) in [6, 6.07) is 3.67. The highest BCUT2D eigenvalue weighted by molar-refractivity contribution is 7.99. The molecule has 0 aliphatic carbocycles. The van der Waals surface area contributed by atoms with Crippen LogP contribution in [0.5, 0.6) is 5.75 Å². The molecule has 0 saturated heterocycles. The van der Waals surface area contributed by atoms with E-state index in [4.69, 9.17) is 27.9 Å². The van der Waals surface area contributed by atoms with Gasteiger partial charge in [0.1, 0.15) is 5.75 Å². The van der Waals surface area contributed by atoms with Crippen molar-refractivity contribution in [3.8, 4) is 5.75 Å². The Morgan fingerprint density at radius 1 is 1.29 bits per heavy atom. The van der Waals surface area contributed by atoms with Crippen LogP contribution in [0.25, 0.3) is 0 Å². The maximum absolute atomic E-state index is 6.27. The van der Waals surface area contributed by atoms with Gasteiger partial charge in [-0.15, -0.1) is 0 Å². The van der Waals surface area contributed by atoms with Crippen LogP contribution >= 0.6 is 35.0 Å². The van der Waals surface area contributed by atoms with Gasteiger partial charge < -0.3 is 10.1 Å². The molecule has 0 aromatic heterocycles. The van der Waals surface area contributed by atoms with Gasteiger partial charge >= 0.3 is 0 Å². The van der Waals surface area contributed by atoms with Gasteiger partial charge in [0.05, 0.1) is 11.6 Å². The van der Waals surface area contributed by atoms with Crippen molar-refractivity contribution in [3.05, 3.63) is 27.7 Å². The molecule has 0 amide bonds. The third-order valence-electron chi connectivity index (χ3n) is 2.84. The lowest BCUT2D eigenvalue weighted by Crippen LogP contribution is -2.19. The maximum atomic E-state index is 6.27. The summed E-state index contributed by atoms with van der Waals surface area (Å²) >= 11 is 14.3. The van der Waals surface area contributed by atoms with Crippen molar-refractivity contribution in [1.29, 1.82) is 0 Å². The zero-order chi connectivity index (χ0) is 15.7. The molecule has 0 bridgehead atoms. The number of benzene rings is 1. The fraction of sp³-hybridized carbons (Fsp3) is 0.625. The van der Waals surface area contributed by atoms with Gasteiger partial charge in [0, 0.05) is 17.1 Å². The number of ether oxygens (including phenoxy) is 1. The zero-order valence-electron chi connectivity index (χ0n) is 13.0. The molecule has 2 nitrogen and oxygen atoms in total. The standard InChI is InChI=1S/C16H25Cl2NOS/c1-4-21-7-5-6-20-16-13(11-19-10-12(2)3)8-14(17)9-15(16)18/h8-9,12,19H,4-7,10-11H2,1-3H3. The van der Waals surface area contributed by atoms with Crippen LogP contribution in [0.3, 0.4) is 0 Å². The highest BCUT2D eigenvalue weighted by Crippen LogP contribution is 2.32. The van der Waals surface area contributed by atoms with Crippen LogP contribution in [-0.4, -0.2) is 24.7 Å². The van der Waals surface area contributed by atoms with E-state index in [1.165, 1.54) is 0 Å². The number of thioether (sulfide) groups is 1. The Morgan fingerprint density at radius 3 is 2.71 bits per heavy atom. The molecule has 1 N–H and O–H groups in total. The van der Waals surface area contributed by atoms with Gasteiger partial charge in [-0.2, -0.15) is 11.8 Å². The summed E-state index contributed by atoms with van der Waals surface area (Å²) in [6.45, 7) is 8.89. The third-order valence-corrected chi connectivity index (χ3v) is 4.32. The van der Waals surface area contributed by atoms with Crippen molar-refractivity contribution in [2.75, 3.05) is 24.7 Å². The molecule has 5 heteroatoms. The predicted molar refractivity (Wildman–Crippen MR) is 96.1 cm³/mol. The van der Waals surface area contributed by atoms with E-state index in [0.717, 1.165) is 42.3 Å². The quantitative estimate of drug-likeness (QED) is 0.582. The number of halogens is 2. The Bertz CT molecular complexity index is 427. The highest BCUT2D eigenvalue weighted by atomic mass is 35.5. The lowest BCUT2D eigenvalue weighted by atomic mass is 10.1. The first-order chi connectivity index (χ1) is 10.0. The Kier molecular flexibility index (Phi) is 9.57. The van der Waals surface area contributed by atoms with Crippen molar-refractivity contribution in [1.82, 2.24) is 5.32 Å². The van der Waals surface area contributed by atoms with E-state index in [9.17, 15) is 0 Å². The normalized spacial score (nSPS) is 11.1. The first-order valence-corrected chi connectivity index (χ1v) is 9.34. The molecule has 1 aromatic carbocycles. The van der Waals surface area contributed by atoms with E-state index < -0.39 is 0 Å². The number of rotatable bonds is 10. The summed E-state index contributed by atoms with van der Waals surface area (Å²) in [5.41, 5.74) is 1.02. The van der Waals surface area contributed by atoms with Crippen LogP contribution in [0.2, 0.25) is 10.0 Å². The molecule has 0 fully saturated rings. The Balaban J connectivity index is 2.62. The van der Waals surface area contributed by atoms with Crippen molar-refractivity contribution in [2.24, 2.45) is 5.92 Å². The largest absolute Gasteiger partial charge is 0.492 e. The van der Waals surface area contributed by atoms with Gasteiger partial charge in [0.15, 0.2) is 0 Å². The van der Waals surface area contributed by atoms with Crippen LogP contribution in [0.1, 0.15) is 32.8 Å². The summed E-state index contributed by atoms with van der Waals surface area (Å²) in [5.74, 6) is 3.63. The molecule has 0 saturated carbocycles. The molecule has 0 radical (unpaired) electrons. The summed E-state index contributed by atoms with van der Waals surface area (Å²) in [7, 11) is 0. The summed E-state index contributed by atoms with van der Waals surface area (Å²) in [6.07, 6.45) is 1.02. The molecule has 1 rings (SSSR count). The lowest BCUT2D eigenvalue weighted by Gasteiger charge is -2.15. The molecular formula is C16H25Cl2NOS. The van der Waals surface area contributed by atoms with E-state index in [0.29, 0.717) is 22.6 Å². The minimum atomic E-state index is 0.590. The second-order valence-corrected chi connectivity index (χ2v) is 7.54. The molecule has 0 heterocycles. The number of hydrogen-bond donors (Lipinski definition) is 1. The van der Waals surface area contributed by atoms with E-state index in [1.54, 1.807) is 6.07 Å². The average molecular weight is 350 g/mol. The lowest BCUT2D eigenvalue weighted by molar-refractivity contribution is 0.314. The van der Waals surface area contributed by atoms with Crippen LogP contribution in [0, 0.1) is 5.92 Å². The molecule has 120 valence electrons. The van der Waals surface area contributed by atoms with Crippen LogP contribution in [0.4, 0.5) is 0 Å². The monoisotopic (exact) mass is 349 g/mol. The highest BCUT2D eigenvalue weighted by Gasteiger charge is 2.11. The Hall–Kier alpha value is -0.0900. The summed E-state index contributed by atoms with van der Waals surface area (Å²) in [4.78, 5) is 0.